The Labute approximate surface area is 61.8 Å². The lowest BCUT2D eigenvalue weighted by Gasteiger charge is -1.89. The second kappa shape index (κ2) is 6.26. The summed E-state index contributed by atoms with van der Waals surface area (Å²) in [5, 5.41) is 0. The molecule has 2 heteroatoms. The molecule has 1 aromatic rings. The van der Waals surface area contributed by atoms with E-state index in [1.165, 1.54) is 5.56 Å². The van der Waals surface area contributed by atoms with Crippen molar-refractivity contribution in [2.45, 2.75) is 13.3 Å². The average molecular weight is 138 g/mol. The predicted molar refractivity (Wildman–Crippen MR) is 44.2 cm³/mol. The van der Waals surface area contributed by atoms with Crippen LogP contribution in [-0.4, -0.2) is 0 Å². The van der Waals surface area contributed by atoms with Crippen LogP contribution in [0.15, 0.2) is 30.3 Å². The second-order valence-electron chi connectivity index (χ2n) is 1.84. The van der Waals surface area contributed by atoms with E-state index in [0.717, 1.165) is 6.42 Å². The van der Waals surface area contributed by atoms with Gasteiger partial charge in [-0.3, -0.25) is 11.7 Å². The van der Waals surface area contributed by atoms with Gasteiger partial charge in [-0.1, -0.05) is 37.3 Å². The van der Waals surface area contributed by atoms with Crippen LogP contribution in [0.3, 0.4) is 0 Å². The first-order valence-electron chi connectivity index (χ1n) is 3.30. The molecular formula is C8H14N2. The molecule has 2 nitrogen and oxygen atoms in total. The van der Waals surface area contributed by atoms with E-state index in [-0.39, 0.29) is 0 Å². The van der Waals surface area contributed by atoms with Crippen molar-refractivity contribution in [3.8, 4) is 0 Å². The molecule has 1 rings (SSSR count). The maximum absolute atomic E-state index is 4.00. The van der Waals surface area contributed by atoms with Crippen LogP contribution in [0.25, 0.3) is 0 Å². The fourth-order valence-electron chi connectivity index (χ4n) is 0.714. The third kappa shape index (κ3) is 3.22. The van der Waals surface area contributed by atoms with Crippen LogP contribution < -0.4 is 11.7 Å². The number of hydrogen-bond donors (Lipinski definition) is 2. The molecule has 0 spiro atoms. The van der Waals surface area contributed by atoms with Crippen molar-refractivity contribution in [2.75, 3.05) is 0 Å². The third-order valence-corrected chi connectivity index (χ3v) is 1.25. The molecule has 10 heavy (non-hydrogen) atoms. The van der Waals surface area contributed by atoms with E-state index in [2.05, 4.69) is 42.9 Å². The molecule has 0 heterocycles. The fourth-order valence-corrected chi connectivity index (χ4v) is 0.714. The highest BCUT2D eigenvalue weighted by Gasteiger charge is 1.79. The summed E-state index contributed by atoms with van der Waals surface area (Å²) in [5.74, 6) is 8.00. The summed E-state index contributed by atoms with van der Waals surface area (Å²) in [7, 11) is 0. The van der Waals surface area contributed by atoms with Gasteiger partial charge in [-0.05, 0) is 12.0 Å². The maximum Gasteiger partial charge on any atom is -0.0307 e. The lowest BCUT2D eigenvalue weighted by molar-refractivity contribution is 1.14. The summed E-state index contributed by atoms with van der Waals surface area (Å²) < 4.78 is 0. The highest BCUT2D eigenvalue weighted by molar-refractivity contribution is 5.13. The first-order valence-corrected chi connectivity index (χ1v) is 3.30. The molecule has 0 aliphatic heterocycles. The predicted octanol–water partition coefficient (Wildman–Crippen LogP) is 1.07. The van der Waals surface area contributed by atoms with Gasteiger partial charge in [0.2, 0.25) is 0 Å². The minimum atomic E-state index is 1.14. The van der Waals surface area contributed by atoms with Crippen LogP contribution in [0, 0.1) is 0 Å². The summed E-state index contributed by atoms with van der Waals surface area (Å²) >= 11 is 0. The number of benzene rings is 1. The van der Waals surface area contributed by atoms with Crippen LogP contribution in [0.2, 0.25) is 0 Å². The summed E-state index contributed by atoms with van der Waals surface area (Å²) in [6.45, 7) is 2.16. The quantitative estimate of drug-likeness (QED) is 0.450. The molecule has 56 valence electrons. The van der Waals surface area contributed by atoms with Gasteiger partial charge >= 0.3 is 0 Å². The van der Waals surface area contributed by atoms with Gasteiger partial charge in [0.1, 0.15) is 0 Å². The Morgan fingerprint density at radius 3 is 1.90 bits per heavy atom. The van der Waals surface area contributed by atoms with E-state index >= 15 is 0 Å². The number of rotatable bonds is 1. The van der Waals surface area contributed by atoms with Crippen molar-refractivity contribution >= 4 is 0 Å². The van der Waals surface area contributed by atoms with E-state index in [0.29, 0.717) is 0 Å². The highest BCUT2D eigenvalue weighted by atomic mass is 15.0. The molecule has 1 aromatic carbocycles. The van der Waals surface area contributed by atoms with Crippen LogP contribution in [-0.2, 0) is 6.42 Å². The molecular weight excluding hydrogens is 124 g/mol. The van der Waals surface area contributed by atoms with Gasteiger partial charge in [-0.15, -0.1) is 0 Å². The Morgan fingerprint density at radius 2 is 1.60 bits per heavy atom. The van der Waals surface area contributed by atoms with Crippen molar-refractivity contribution in [3.63, 3.8) is 0 Å². The second-order valence-corrected chi connectivity index (χ2v) is 1.84. The Hall–Kier alpha value is -0.860. The molecule has 0 aliphatic rings. The number of aryl methyl sites for hydroxylation is 1. The van der Waals surface area contributed by atoms with Gasteiger partial charge in [-0.25, -0.2) is 0 Å². The van der Waals surface area contributed by atoms with Crippen molar-refractivity contribution in [1.29, 1.82) is 0 Å². The smallest absolute Gasteiger partial charge is 0.0307 e. The molecule has 0 aliphatic carbocycles. The maximum atomic E-state index is 4.00. The van der Waals surface area contributed by atoms with Gasteiger partial charge in [-0.2, -0.15) is 0 Å². The standard InChI is InChI=1S/C8H10.H4N2/c1-2-8-6-4-3-5-7-8;1-2/h3-7H,2H2,1H3;1-2H2. The fraction of sp³-hybridized carbons (Fsp3) is 0.250. The van der Waals surface area contributed by atoms with Crippen molar-refractivity contribution in [3.05, 3.63) is 35.9 Å². The normalized spacial score (nSPS) is 7.90. The van der Waals surface area contributed by atoms with Gasteiger partial charge in [0.05, 0.1) is 0 Å². The molecule has 0 saturated heterocycles. The van der Waals surface area contributed by atoms with Crippen LogP contribution in [0.1, 0.15) is 12.5 Å². The highest BCUT2D eigenvalue weighted by Crippen LogP contribution is 1.96. The van der Waals surface area contributed by atoms with E-state index in [1.54, 1.807) is 0 Å². The van der Waals surface area contributed by atoms with E-state index < -0.39 is 0 Å². The molecule has 0 amide bonds. The zero-order valence-electron chi connectivity index (χ0n) is 6.25. The van der Waals surface area contributed by atoms with Crippen LogP contribution >= 0.6 is 0 Å². The van der Waals surface area contributed by atoms with E-state index in [9.17, 15) is 0 Å². The molecule has 0 saturated carbocycles. The minimum Gasteiger partial charge on any atom is -0.274 e. The molecule has 4 N–H and O–H groups in total. The topological polar surface area (TPSA) is 52.0 Å². The molecule has 0 bridgehead atoms. The summed E-state index contributed by atoms with van der Waals surface area (Å²) in [6.07, 6.45) is 1.14. The average Bonchev–Trinajstić information content (AvgIpc) is 2.10. The van der Waals surface area contributed by atoms with E-state index in [1.807, 2.05) is 6.07 Å². The Bertz CT molecular complexity index is 149. The first kappa shape index (κ1) is 9.14. The molecule has 0 atom stereocenters. The lowest BCUT2D eigenvalue weighted by Crippen LogP contribution is -2.02. The van der Waals surface area contributed by atoms with Crippen LogP contribution in [0.4, 0.5) is 0 Å². The zero-order chi connectivity index (χ0) is 7.82. The summed E-state index contributed by atoms with van der Waals surface area (Å²) in [5.41, 5.74) is 1.41. The largest absolute Gasteiger partial charge is 0.274 e. The first-order chi connectivity index (χ1) is 4.93. The summed E-state index contributed by atoms with van der Waals surface area (Å²) in [6, 6.07) is 10.5. The zero-order valence-corrected chi connectivity index (χ0v) is 6.25. The van der Waals surface area contributed by atoms with Gasteiger partial charge < -0.3 is 0 Å². The van der Waals surface area contributed by atoms with Gasteiger partial charge in [0, 0.05) is 0 Å². The number of hydrazine groups is 1. The van der Waals surface area contributed by atoms with Gasteiger partial charge in [0.15, 0.2) is 0 Å². The monoisotopic (exact) mass is 138 g/mol. The third-order valence-electron chi connectivity index (χ3n) is 1.25. The van der Waals surface area contributed by atoms with Crippen molar-refractivity contribution in [2.24, 2.45) is 11.7 Å². The minimum absolute atomic E-state index is 1.14. The van der Waals surface area contributed by atoms with Crippen molar-refractivity contribution < 1.29 is 0 Å². The van der Waals surface area contributed by atoms with Gasteiger partial charge in [0.25, 0.3) is 0 Å². The Balaban J connectivity index is 0.000000371. The summed E-state index contributed by atoms with van der Waals surface area (Å²) in [4.78, 5) is 0. The van der Waals surface area contributed by atoms with E-state index in [4.69, 9.17) is 0 Å². The molecule has 0 radical (unpaired) electrons. The molecule has 0 aromatic heterocycles. The SMILES string of the molecule is CCc1ccccc1.NN. The molecule has 0 fully saturated rings. The van der Waals surface area contributed by atoms with Crippen molar-refractivity contribution in [1.82, 2.24) is 0 Å². The number of hydrogen-bond acceptors (Lipinski definition) is 2. The molecule has 0 unspecified atom stereocenters. The Kier molecular flexibility index (Phi) is 5.72. The number of nitrogens with two attached hydrogens (primary N) is 2. The lowest BCUT2D eigenvalue weighted by atomic mass is 10.2. The Morgan fingerprint density at radius 1 is 1.10 bits per heavy atom. The van der Waals surface area contributed by atoms with Crippen LogP contribution in [0.5, 0.6) is 0 Å².